The summed E-state index contributed by atoms with van der Waals surface area (Å²) in [6.45, 7) is 2.96. The Balaban J connectivity index is 1.91. The molecule has 0 unspecified atom stereocenters. The first kappa shape index (κ1) is 16.9. The lowest BCUT2D eigenvalue weighted by Crippen LogP contribution is -2.30. The first-order valence-electron chi connectivity index (χ1n) is 7.74. The van der Waals surface area contributed by atoms with Gasteiger partial charge < -0.3 is 10.1 Å². The van der Waals surface area contributed by atoms with E-state index in [-0.39, 0.29) is 24.1 Å². The molecule has 0 saturated carbocycles. The van der Waals surface area contributed by atoms with Crippen LogP contribution in [0.2, 0.25) is 0 Å². The number of hydrogen-bond donors (Lipinski definition) is 1. The lowest BCUT2D eigenvalue weighted by Gasteiger charge is -2.16. The molecule has 1 amide bonds. The van der Waals surface area contributed by atoms with Gasteiger partial charge in [-0.05, 0) is 44.7 Å². The van der Waals surface area contributed by atoms with Crippen LogP contribution in [0.5, 0.6) is 0 Å². The van der Waals surface area contributed by atoms with E-state index in [1.165, 1.54) is 13.8 Å². The highest BCUT2D eigenvalue weighted by atomic mass is 16.5. The fourth-order valence-corrected chi connectivity index (χ4v) is 2.51. The SMILES string of the molecule is CC(=O)c1ccccc1NC(=O)[C@H](C)OC(=O)C[C@@H]1C=CCC1. The molecule has 2 rings (SSSR count). The van der Waals surface area contributed by atoms with E-state index in [1.54, 1.807) is 24.3 Å². The van der Waals surface area contributed by atoms with Gasteiger partial charge in [0.15, 0.2) is 11.9 Å². The van der Waals surface area contributed by atoms with E-state index in [4.69, 9.17) is 4.74 Å². The Labute approximate surface area is 135 Å². The van der Waals surface area contributed by atoms with Crippen LogP contribution in [-0.2, 0) is 14.3 Å². The summed E-state index contributed by atoms with van der Waals surface area (Å²) < 4.78 is 5.18. The monoisotopic (exact) mass is 315 g/mol. The third-order valence-electron chi connectivity index (χ3n) is 3.78. The molecule has 0 fully saturated rings. The van der Waals surface area contributed by atoms with E-state index in [0.29, 0.717) is 11.3 Å². The van der Waals surface area contributed by atoms with Gasteiger partial charge in [0.05, 0.1) is 12.1 Å². The van der Waals surface area contributed by atoms with Gasteiger partial charge in [0.25, 0.3) is 5.91 Å². The molecule has 0 aromatic heterocycles. The van der Waals surface area contributed by atoms with Gasteiger partial charge in [-0.15, -0.1) is 0 Å². The summed E-state index contributed by atoms with van der Waals surface area (Å²) in [5.41, 5.74) is 0.849. The second-order valence-corrected chi connectivity index (χ2v) is 5.69. The summed E-state index contributed by atoms with van der Waals surface area (Å²) in [6, 6.07) is 6.74. The normalized spacial score (nSPS) is 17.6. The van der Waals surface area contributed by atoms with Crippen LogP contribution >= 0.6 is 0 Å². The van der Waals surface area contributed by atoms with Crippen molar-refractivity contribution in [3.8, 4) is 0 Å². The number of carbonyl (C=O) groups excluding carboxylic acids is 3. The number of benzene rings is 1. The molecule has 1 aromatic rings. The van der Waals surface area contributed by atoms with Gasteiger partial charge in [-0.25, -0.2) is 0 Å². The predicted molar refractivity (Wildman–Crippen MR) is 87.1 cm³/mol. The number of para-hydroxylation sites is 1. The van der Waals surface area contributed by atoms with Crippen LogP contribution in [0, 0.1) is 5.92 Å². The van der Waals surface area contributed by atoms with Gasteiger partial charge in [-0.1, -0.05) is 24.3 Å². The Kier molecular flexibility index (Phi) is 5.68. The van der Waals surface area contributed by atoms with E-state index >= 15 is 0 Å². The highest BCUT2D eigenvalue weighted by molar-refractivity contribution is 6.04. The summed E-state index contributed by atoms with van der Waals surface area (Å²) in [4.78, 5) is 35.5. The highest BCUT2D eigenvalue weighted by Gasteiger charge is 2.21. The molecule has 0 bridgehead atoms. The van der Waals surface area contributed by atoms with Crippen molar-refractivity contribution < 1.29 is 19.1 Å². The molecule has 0 radical (unpaired) electrons. The van der Waals surface area contributed by atoms with Crippen LogP contribution in [0.3, 0.4) is 0 Å². The standard InChI is InChI=1S/C18H21NO4/c1-12(20)15-9-5-6-10-16(15)19-18(22)13(2)23-17(21)11-14-7-3-4-8-14/h3,5-7,9-10,13-14H,4,8,11H2,1-2H3,(H,19,22)/t13-,14+/m0/s1. The molecule has 122 valence electrons. The van der Waals surface area contributed by atoms with Crippen molar-refractivity contribution in [1.82, 2.24) is 0 Å². The maximum absolute atomic E-state index is 12.1. The average molecular weight is 315 g/mol. The van der Waals surface area contributed by atoms with Crippen LogP contribution in [0.1, 0.15) is 43.5 Å². The van der Waals surface area contributed by atoms with Gasteiger partial charge in [0.2, 0.25) is 0 Å². The van der Waals surface area contributed by atoms with Crippen LogP contribution in [-0.4, -0.2) is 23.8 Å². The Morgan fingerprint density at radius 2 is 2.04 bits per heavy atom. The van der Waals surface area contributed by atoms with Crippen LogP contribution < -0.4 is 5.32 Å². The van der Waals surface area contributed by atoms with Crippen LogP contribution in [0.15, 0.2) is 36.4 Å². The molecule has 0 saturated heterocycles. The zero-order chi connectivity index (χ0) is 16.8. The number of ketones is 1. The molecule has 5 heteroatoms. The topological polar surface area (TPSA) is 72.5 Å². The highest BCUT2D eigenvalue weighted by Crippen LogP contribution is 2.21. The van der Waals surface area contributed by atoms with Crippen molar-refractivity contribution in [3.05, 3.63) is 42.0 Å². The third kappa shape index (κ3) is 4.77. The summed E-state index contributed by atoms with van der Waals surface area (Å²) in [7, 11) is 0. The van der Waals surface area contributed by atoms with Crippen molar-refractivity contribution in [2.45, 2.75) is 39.2 Å². The number of anilines is 1. The van der Waals surface area contributed by atoms with Crippen molar-refractivity contribution in [1.29, 1.82) is 0 Å². The number of allylic oxidation sites excluding steroid dienone is 2. The van der Waals surface area contributed by atoms with Crippen LogP contribution in [0.4, 0.5) is 5.69 Å². The smallest absolute Gasteiger partial charge is 0.307 e. The molecule has 5 nitrogen and oxygen atoms in total. The molecule has 1 N–H and O–H groups in total. The summed E-state index contributed by atoms with van der Waals surface area (Å²) >= 11 is 0. The number of hydrogen-bond acceptors (Lipinski definition) is 4. The minimum Gasteiger partial charge on any atom is -0.453 e. The van der Waals surface area contributed by atoms with Crippen molar-refractivity contribution >= 4 is 23.3 Å². The van der Waals surface area contributed by atoms with E-state index in [2.05, 4.69) is 5.32 Å². The van der Waals surface area contributed by atoms with Gasteiger partial charge >= 0.3 is 5.97 Å². The minimum absolute atomic E-state index is 0.140. The lowest BCUT2D eigenvalue weighted by atomic mass is 10.1. The van der Waals surface area contributed by atoms with Gasteiger partial charge in [0.1, 0.15) is 0 Å². The Bertz CT molecular complexity index is 636. The fraction of sp³-hybridized carbons (Fsp3) is 0.389. The Morgan fingerprint density at radius 1 is 1.30 bits per heavy atom. The molecular formula is C18H21NO4. The van der Waals surface area contributed by atoms with Crippen LogP contribution in [0.25, 0.3) is 0 Å². The second kappa shape index (κ2) is 7.72. The summed E-state index contributed by atoms with van der Waals surface area (Å²) in [5, 5.41) is 2.64. The largest absolute Gasteiger partial charge is 0.453 e. The molecule has 1 aromatic carbocycles. The first-order valence-corrected chi connectivity index (χ1v) is 7.74. The van der Waals surface area contributed by atoms with E-state index in [1.807, 2.05) is 12.2 Å². The average Bonchev–Trinajstić information content (AvgIpc) is 3.00. The van der Waals surface area contributed by atoms with E-state index < -0.39 is 12.0 Å². The number of nitrogens with one attached hydrogen (secondary N) is 1. The number of ether oxygens (including phenoxy) is 1. The van der Waals surface area contributed by atoms with Gasteiger partial charge in [0, 0.05) is 5.56 Å². The molecule has 1 aliphatic carbocycles. The molecule has 0 aliphatic heterocycles. The third-order valence-corrected chi connectivity index (χ3v) is 3.78. The van der Waals surface area contributed by atoms with Crippen molar-refractivity contribution in [2.75, 3.05) is 5.32 Å². The molecule has 0 heterocycles. The molecule has 0 spiro atoms. The maximum Gasteiger partial charge on any atom is 0.307 e. The zero-order valence-corrected chi connectivity index (χ0v) is 13.4. The number of esters is 1. The minimum atomic E-state index is -0.909. The van der Waals surface area contributed by atoms with Crippen molar-refractivity contribution in [2.24, 2.45) is 5.92 Å². The lowest BCUT2D eigenvalue weighted by molar-refractivity contribution is -0.153. The Hall–Kier alpha value is -2.43. The summed E-state index contributed by atoms with van der Waals surface area (Å²) in [5.74, 6) is -0.771. The van der Waals surface area contributed by atoms with Gasteiger partial charge in [-0.3, -0.25) is 14.4 Å². The zero-order valence-electron chi connectivity index (χ0n) is 13.4. The Morgan fingerprint density at radius 3 is 2.70 bits per heavy atom. The second-order valence-electron chi connectivity index (χ2n) is 5.69. The maximum atomic E-state index is 12.1. The quantitative estimate of drug-likeness (QED) is 0.497. The fourth-order valence-electron chi connectivity index (χ4n) is 2.51. The van der Waals surface area contributed by atoms with Gasteiger partial charge in [-0.2, -0.15) is 0 Å². The van der Waals surface area contributed by atoms with E-state index in [9.17, 15) is 14.4 Å². The van der Waals surface area contributed by atoms with Crippen molar-refractivity contribution in [3.63, 3.8) is 0 Å². The molecular weight excluding hydrogens is 294 g/mol. The number of Topliss-reactive ketones (excluding diaryl/α,β-unsaturated/α-hetero) is 1. The summed E-state index contributed by atoms with van der Waals surface area (Å²) in [6.07, 6.45) is 5.37. The predicted octanol–water partition coefficient (Wildman–Crippen LogP) is 3.12. The number of amides is 1. The van der Waals surface area contributed by atoms with E-state index in [0.717, 1.165) is 12.8 Å². The number of rotatable bonds is 6. The molecule has 2 atom stereocenters. The molecule has 23 heavy (non-hydrogen) atoms. The molecule has 1 aliphatic rings. The number of carbonyl (C=O) groups is 3. The first-order chi connectivity index (χ1) is 11.0.